The number of hydrogen-bond acceptors (Lipinski definition) is 2. The molecular formula is C10H8N2. The summed E-state index contributed by atoms with van der Waals surface area (Å²) in [6, 6.07) is 2.22. The molecular weight excluding hydrogens is 148 g/mol. The third-order valence-corrected chi connectivity index (χ3v) is 2.06. The molecule has 1 heterocycles. The lowest BCUT2D eigenvalue weighted by Gasteiger charge is -2.13. The Morgan fingerprint density at radius 2 is 2.42 bits per heavy atom. The van der Waals surface area contributed by atoms with E-state index in [1.807, 2.05) is 24.3 Å². The van der Waals surface area contributed by atoms with Gasteiger partial charge in [-0.1, -0.05) is 12.2 Å². The van der Waals surface area contributed by atoms with Gasteiger partial charge in [-0.3, -0.25) is 4.99 Å². The zero-order chi connectivity index (χ0) is 8.39. The Bertz CT molecular complexity index is 351. The van der Waals surface area contributed by atoms with Crippen molar-refractivity contribution in [3.05, 3.63) is 35.5 Å². The molecule has 0 fully saturated rings. The van der Waals surface area contributed by atoms with Crippen LogP contribution < -0.4 is 0 Å². The highest BCUT2D eigenvalue weighted by Gasteiger charge is 2.17. The molecule has 12 heavy (non-hydrogen) atoms. The molecule has 0 radical (unpaired) electrons. The molecule has 1 aliphatic carbocycles. The molecule has 0 saturated carbocycles. The van der Waals surface area contributed by atoms with Gasteiger partial charge in [-0.25, -0.2) is 0 Å². The maximum atomic E-state index is 8.75. The van der Waals surface area contributed by atoms with E-state index in [1.54, 1.807) is 6.21 Å². The minimum Gasteiger partial charge on any atom is -0.284 e. The summed E-state index contributed by atoms with van der Waals surface area (Å²) >= 11 is 0. The van der Waals surface area contributed by atoms with E-state index < -0.39 is 0 Å². The Labute approximate surface area is 71.2 Å². The zero-order valence-electron chi connectivity index (χ0n) is 6.57. The van der Waals surface area contributed by atoms with Crippen molar-refractivity contribution in [2.75, 3.05) is 0 Å². The second-order valence-electron chi connectivity index (χ2n) is 2.85. The molecule has 0 aromatic carbocycles. The van der Waals surface area contributed by atoms with Gasteiger partial charge in [0.1, 0.15) is 0 Å². The van der Waals surface area contributed by atoms with E-state index in [4.69, 9.17) is 5.26 Å². The van der Waals surface area contributed by atoms with Crippen LogP contribution in [0.25, 0.3) is 0 Å². The molecule has 0 N–H and O–H groups in total. The number of rotatable bonds is 0. The topological polar surface area (TPSA) is 36.1 Å². The molecule has 1 aliphatic heterocycles. The number of fused-ring (bicyclic) bond motifs is 2. The molecule has 2 rings (SSSR count). The Morgan fingerprint density at radius 3 is 3.25 bits per heavy atom. The van der Waals surface area contributed by atoms with E-state index in [-0.39, 0.29) is 6.04 Å². The van der Waals surface area contributed by atoms with Gasteiger partial charge in [0.2, 0.25) is 0 Å². The average Bonchev–Trinajstić information content (AvgIpc) is 2.29. The predicted molar refractivity (Wildman–Crippen MR) is 47.8 cm³/mol. The highest BCUT2D eigenvalue weighted by molar-refractivity contribution is 5.74. The summed E-state index contributed by atoms with van der Waals surface area (Å²) < 4.78 is 0. The van der Waals surface area contributed by atoms with Crippen LogP contribution in [0.3, 0.4) is 0 Å². The average molecular weight is 156 g/mol. The molecule has 1 atom stereocenters. The highest BCUT2D eigenvalue weighted by Crippen LogP contribution is 2.23. The van der Waals surface area contributed by atoms with Crippen molar-refractivity contribution >= 4 is 6.21 Å². The molecule has 1 unspecified atom stereocenters. The van der Waals surface area contributed by atoms with Crippen molar-refractivity contribution in [1.29, 1.82) is 5.26 Å². The quantitative estimate of drug-likeness (QED) is 0.526. The van der Waals surface area contributed by atoms with Crippen molar-refractivity contribution < 1.29 is 0 Å². The summed E-state index contributed by atoms with van der Waals surface area (Å²) in [5.41, 5.74) is 2.01. The molecule has 0 amide bonds. The van der Waals surface area contributed by atoms with E-state index in [9.17, 15) is 0 Å². The van der Waals surface area contributed by atoms with Gasteiger partial charge in [-0.15, -0.1) is 0 Å². The smallest absolute Gasteiger partial charge is 0.0970 e. The molecule has 2 heteroatoms. The summed E-state index contributed by atoms with van der Waals surface area (Å²) in [4.78, 5) is 4.25. The van der Waals surface area contributed by atoms with Crippen LogP contribution in [-0.2, 0) is 0 Å². The van der Waals surface area contributed by atoms with Crippen LogP contribution in [0.1, 0.15) is 6.42 Å². The summed E-state index contributed by atoms with van der Waals surface area (Å²) in [5.74, 6) is 0. The first-order valence-electron chi connectivity index (χ1n) is 3.91. The van der Waals surface area contributed by atoms with Crippen LogP contribution in [-0.4, -0.2) is 12.3 Å². The van der Waals surface area contributed by atoms with Gasteiger partial charge in [0.25, 0.3) is 0 Å². The van der Waals surface area contributed by atoms with Crippen LogP contribution in [0.4, 0.5) is 0 Å². The van der Waals surface area contributed by atoms with Crippen molar-refractivity contribution in [3.8, 4) is 6.07 Å². The van der Waals surface area contributed by atoms with Crippen molar-refractivity contribution in [1.82, 2.24) is 0 Å². The van der Waals surface area contributed by atoms with E-state index in [2.05, 4.69) is 11.1 Å². The standard InChI is InChI=1S/C10H8N2/c11-7-9-4-3-8-2-1-5-12-10(9)6-8/h1-5,10H,6H2. The van der Waals surface area contributed by atoms with E-state index in [0.29, 0.717) is 0 Å². The summed E-state index contributed by atoms with van der Waals surface area (Å²) in [6.45, 7) is 0. The minimum atomic E-state index is 0.0602. The maximum absolute atomic E-state index is 8.75. The maximum Gasteiger partial charge on any atom is 0.0970 e. The van der Waals surface area contributed by atoms with Gasteiger partial charge in [0.15, 0.2) is 0 Å². The molecule has 2 aliphatic rings. The van der Waals surface area contributed by atoms with E-state index in [1.165, 1.54) is 5.57 Å². The number of hydrogen-bond donors (Lipinski definition) is 0. The molecule has 2 nitrogen and oxygen atoms in total. The third-order valence-electron chi connectivity index (χ3n) is 2.06. The van der Waals surface area contributed by atoms with Gasteiger partial charge in [-0.2, -0.15) is 5.26 Å². The molecule has 0 spiro atoms. The number of allylic oxidation sites excluding steroid dienone is 4. The highest BCUT2D eigenvalue weighted by atomic mass is 14.8. The lowest BCUT2D eigenvalue weighted by atomic mass is 9.95. The number of aliphatic imine (C=N–C) groups is 1. The largest absolute Gasteiger partial charge is 0.284 e. The fraction of sp³-hybridized carbons (Fsp3) is 0.200. The van der Waals surface area contributed by atoms with Crippen molar-refractivity contribution in [2.45, 2.75) is 12.5 Å². The molecule has 0 saturated heterocycles. The third kappa shape index (κ3) is 1.10. The van der Waals surface area contributed by atoms with E-state index in [0.717, 1.165) is 12.0 Å². The molecule has 0 aromatic heterocycles. The van der Waals surface area contributed by atoms with Gasteiger partial charge < -0.3 is 0 Å². The SMILES string of the molecule is N#CC1=CC=C2C=CC=NC1C2. The fourth-order valence-corrected chi connectivity index (χ4v) is 1.40. The lowest BCUT2D eigenvalue weighted by molar-refractivity contribution is 0.786. The first-order chi connectivity index (χ1) is 5.90. The Morgan fingerprint density at radius 1 is 1.50 bits per heavy atom. The summed E-state index contributed by atoms with van der Waals surface area (Å²) in [7, 11) is 0. The van der Waals surface area contributed by atoms with Gasteiger partial charge in [0.05, 0.1) is 17.7 Å². The van der Waals surface area contributed by atoms with Gasteiger partial charge >= 0.3 is 0 Å². The first-order valence-corrected chi connectivity index (χ1v) is 3.91. The van der Waals surface area contributed by atoms with Crippen LogP contribution >= 0.6 is 0 Å². The molecule has 58 valence electrons. The zero-order valence-corrected chi connectivity index (χ0v) is 6.57. The number of nitrogens with zero attached hydrogens (tertiary/aromatic N) is 2. The van der Waals surface area contributed by atoms with Crippen LogP contribution in [0.15, 0.2) is 40.4 Å². The second kappa shape index (κ2) is 2.78. The lowest BCUT2D eigenvalue weighted by Crippen LogP contribution is -2.10. The van der Waals surface area contributed by atoms with Crippen molar-refractivity contribution in [3.63, 3.8) is 0 Å². The Hall–Kier alpha value is -1.62. The number of nitriles is 1. The summed E-state index contributed by atoms with van der Waals surface area (Å²) in [5, 5.41) is 8.75. The van der Waals surface area contributed by atoms with Gasteiger partial charge in [-0.05, 0) is 24.1 Å². The monoisotopic (exact) mass is 156 g/mol. The Kier molecular flexibility index (Phi) is 1.64. The first kappa shape index (κ1) is 7.05. The summed E-state index contributed by atoms with van der Waals surface area (Å²) in [6.07, 6.45) is 10.4. The van der Waals surface area contributed by atoms with Crippen molar-refractivity contribution in [2.24, 2.45) is 4.99 Å². The Balaban J connectivity index is 2.42. The van der Waals surface area contributed by atoms with Crippen LogP contribution in [0.2, 0.25) is 0 Å². The van der Waals surface area contributed by atoms with E-state index >= 15 is 0 Å². The minimum absolute atomic E-state index is 0.0602. The predicted octanol–water partition coefficient (Wildman–Crippen LogP) is 1.78. The molecule has 2 bridgehead atoms. The normalized spacial score (nSPS) is 25.4. The molecule has 0 aromatic rings. The second-order valence-corrected chi connectivity index (χ2v) is 2.85. The van der Waals surface area contributed by atoms with Crippen LogP contribution in [0, 0.1) is 11.3 Å². The van der Waals surface area contributed by atoms with Crippen LogP contribution in [0.5, 0.6) is 0 Å². The van der Waals surface area contributed by atoms with Gasteiger partial charge in [0, 0.05) is 6.21 Å². The fourth-order valence-electron chi connectivity index (χ4n) is 1.40.